The van der Waals surface area contributed by atoms with Crippen LogP contribution in [-0.4, -0.2) is 35.5 Å². The van der Waals surface area contributed by atoms with Crippen LogP contribution in [0.5, 0.6) is 0 Å². The first kappa shape index (κ1) is 22.4. The molecular weight excluding hydrogens is 437 g/mol. The number of benzene rings is 1. The van der Waals surface area contributed by atoms with E-state index in [2.05, 4.69) is 58.3 Å². The van der Waals surface area contributed by atoms with Crippen molar-refractivity contribution in [3.05, 3.63) is 65.5 Å². The maximum absolute atomic E-state index is 5.93. The fraction of sp³-hybridized carbons (Fsp3) is 0.400. The van der Waals surface area contributed by atoms with E-state index in [0.29, 0.717) is 12.5 Å². The maximum Gasteiger partial charge on any atom is 0.188 e. The summed E-state index contributed by atoms with van der Waals surface area (Å²) in [5, 5.41) is 3.14. The van der Waals surface area contributed by atoms with Crippen molar-refractivity contribution in [3.8, 4) is 0 Å². The molecule has 5 nitrogen and oxygen atoms in total. The number of nitrogens with one attached hydrogen (secondary N) is 1. The summed E-state index contributed by atoms with van der Waals surface area (Å²) < 4.78 is 0. The third-order valence-corrected chi connectivity index (χ3v) is 4.17. The molecule has 0 amide bonds. The van der Waals surface area contributed by atoms with Crippen molar-refractivity contribution in [1.82, 2.24) is 15.2 Å². The lowest BCUT2D eigenvalue weighted by Gasteiger charge is -2.17. The smallest absolute Gasteiger partial charge is 0.188 e. The number of guanidine groups is 1. The number of hydrogen-bond donors (Lipinski definition) is 2. The van der Waals surface area contributed by atoms with Crippen LogP contribution in [0.15, 0.2) is 53.7 Å². The quantitative estimate of drug-likeness (QED) is 0.338. The van der Waals surface area contributed by atoms with E-state index >= 15 is 0 Å². The molecule has 2 rings (SSSR count). The van der Waals surface area contributed by atoms with Crippen LogP contribution in [0.3, 0.4) is 0 Å². The third kappa shape index (κ3) is 8.14. The summed E-state index contributed by atoms with van der Waals surface area (Å²) in [4.78, 5) is 11.1. The van der Waals surface area contributed by atoms with Gasteiger partial charge in [0.2, 0.25) is 0 Å². The highest BCUT2D eigenvalue weighted by Gasteiger charge is 2.01. The standard InChI is InChI=1S/C20H29N5.HI/c1-3-25(4-2)16-18-10-8-17(9-11-18)15-24-20(21)23-14-12-19-7-5-6-13-22-19;/h5-11,13H,3-4,12,14-16H2,1-2H3,(H3,21,23,24);1H. The zero-order valence-electron chi connectivity index (χ0n) is 15.7. The van der Waals surface area contributed by atoms with Crippen molar-refractivity contribution in [2.24, 2.45) is 10.7 Å². The van der Waals surface area contributed by atoms with E-state index in [1.165, 1.54) is 5.56 Å². The van der Waals surface area contributed by atoms with Gasteiger partial charge in [-0.2, -0.15) is 0 Å². The van der Waals surface area contributed by atoms with Gasteiger partial charge >= 0.3 is 0 Å². The second-order valence-electron chi connectivity index (χ2n) is 5.98. The summed E-state index contributed by atoms with van der Waals surface area (Å²) in [6.45, 7) is 8.84. The second-order valence-corrected chi connectivity index (χ2v) is 5.98. The Hall–Kier alpha value is -1.67. The van der Waals surface area contributed by atoms with Gasteiger partial charge in [-0.1, -0.05) is 44.2 Å². The predicted molar refractivity (Wildman–Crippen MR) is 120 cm³/mol. The number of aromatic nitrogens is 1. The molecule has 1 aromatic carbocycles. The zero-order chi connectivity index (χ0) is 17.9. The Kier molecular flexibility index (Phi) is 10.9. The Balaban J connectivity index is 0.00000338. The Bertz CT molecular complexity index is 639. The Morgan fingerprint density at radius 1 is 1.08 bits per heavy atom. The van der Waals surface area contributed by atoms with E-state index in [4.69, 9.17) is 5.73 Å². The van der Waals surface area contributed by atoms with Gasteiger partial charge < -0.3 is 11.1 Å². The molecule has 0 radical (unpaired) electrons. The summed E-state index contributed by atoms with van der Waals surface area (Å²) >= 11 is 0. The van der Waals surface area contributed by atoms with Crippen LogP contribution in [0.25, 0.3) is 0 Å². The molecule has 3 N–H and O–H groups in total. The van der Waals surface area contributed by atoms with Gasteiger partial charge in [0.15, 0.2) is 5.96 Å². The first-order valence-electron chi connectivity index (χ1n) is 8.95. The largest absolute Gasteiger partial charge is 0.370 e. The first-order valence-corrected chi connectivity index (χ1v) is 8.95. The van der Waals surface area contributed by atoms with Crippen molar-refractivity contribution in [2.45, 2.75) is 33.4 Å². The van der Waals surface area contributed by atoms with E-state index in [-0.39, 0.29) is 24.0 Å². The van der Waals surface area contributed by atoms with Crippen molar-refractivity contribution in [1.29, 1.82) is 0 Å². The molecule has 0 aliphatic rings. The molecule has 1 heterocycles. The molecule has 6 heteroatoms. The Morgan fingerprint density at radius 2 is 1.77 bits per heavy atom. The second kappa shape index (κ2) is 12.6. The molecule has 26 heavy (non-hydrogen) atoms. The molecule has 142 valence electrons. The van der Waals surface area contributed by atoms with Gasteiger partial charge in [0.1, 0.15) is 0 Å². The van der Waals surface area contributed by atoms with E-state index < -0.39 is 0 Å². The molecule has 0 unspecified atom stereocenters. The highest BCUT2D eigenvalue weighted by Crippen LogP contribution is 2.08. The molecule has 0 spiro atoms. The molecule has 0 atom stereocenters. The third-order valence-electron chi connectivity index (χ3n) is 4.17. The van der Waals surface area contributed by atoms with Gasteiger partial charge in [0, 0.05) is 31.4 Å². The highest BCUT2D eigenvalue weighted by atomic mass is 127. The normalized spacial score (nSPS) is 11.3. The fourth-order valence-corrected chi connectivity index (χ4v) is 2.55. The van der Waals surface area contributed by atoms with Crippen LogP contribution in [0.4, 0.5) is 0 Å². The minimum Gasteiger partial charge on any atom is -0.370 e. The minimum atomic E-state index is 0. The number of rotatable bonds is 9. The Labute approximate surface area is 174 Å². The summed E-state index contributed by atoms with van der Waals surface area (Å²) in [6, 6.07) is 14.5. The lowest BCUT2D eigenvalue weighted by molar-refractivity contribution is 0.296. The average Bonchev–Trinajstić information content (AvgIpc) is 2.66. The van der Waals surface area contributed by atoms with E-state index in [1.807, 2.05) is 18.2 Å². The molecule has 0 aliphatic carbocycles. The number of hydrogen-bond acceptors (Lipinski definition) is 3. The molecule has 0 bridgehead atoms. The van der Waals surface area contributed by atoms with Crippen LogP contribution in [-0.2, 0) is 19.5 Å². The van der Waals surface area contributed by atoms with E-state index in [0.717, 1.165) is 43.9 Å². The van der Waals surface area contributed by atoms with Crippen molar-refractivity contribution in [2.75, 3.05) is 19.6 Å². The first-order chi connectivity index (χ1) is 12.2. The lowest BCUT2D eigenvalue weighted by atomic mass is 10.1. The molecule has 0 saturated carbocycles. The van der Waals surface area contributed by atoms with Crippen LogP contribution >= 0.6 is 24.0 Å². The van der Waals surface area contributed by atoms with E-state index in [9.17, 15) is 0 Å². The van der Waals surface area contributed by atoms with Crippen LogP contribution in [0.1, 0.15) is 30.7 Å². The lowest BCUT2D eigenvalue weighted by Crippen LogP contribution is -2.33. The number of halogens is 1. The molecule has 2 aromatic rings. The highest BCUT2D eigenvalue weighted by molar-refractivity contribution is 14.0. The molecule has 1 aromatic heterocycles. The molecule has 0 aliphatic heterocycles. The maximum atomic E-state index is 5.93. The average molecular weight is 467 g/mol. The van der Waals surface area contributed by atoms with Gasteiger partial charge in [0.05, 0.1) is 6.54 Å². The van der Waals surface area contributed by atoms with Crippen LogP contribution in [0.2, 0.25) is 0 Å². The fourth-order valence-electron chi connectivity index (χ4n) is 2.55. The van der Waals surface area contributed by atoms with Gasteiger partial charge in [-0.15, -0.1) is 24.0 Å². The Morgan fingerprint density at radius 3 is 2.38 bits per heavy atom. The minimum absolute atomic E-state index is 0. The summed E-state index contributed by atoms with van der Waals surface area (Å²) in [6.07, 6.45) is 2.63. The number of pyridine rings is 1. The van der Waals surface area contributed by atoms with Gasteiger partial charge in [-0.05, 0) is 36.3 Å². The van der Waals surface area contributed by atoms with Gasteiger partial charge in [-0.25, -0.2) is 4.99 Å². The topological polar surface area (TPSA) is 66.5 Å². The van der Waals surface area contributed by atoms with Gasteiger partial charge in [0.25, 0.3) is 0 Å². The monoisotopic (exact) mass is 467 g/mol. The van der Waals surface area contributed by atoms with Gasteiger partial charge in [-0.3, -0.25) is 9.88 Å². The summed E-state index contributed by atoms with van der Waals surface area (Å²) in [5.74, 6) is 0.475. The predicted octanol–water partition coefficient (Wildman–Crippen LogP) is 3.19. The van der Waals surface area contributed by atoms with Crippen molar-refractivity contribution >= 4 is 29.9 Å². The number of aliphatic imine (C=N–C) groups is 1. The summed E-state index contributed by atoms with van der Waals surface area (Å²) in [5.41, 5.74) is 9.47. The van der Waals surface area contributed by atoms with E-state index in [1.54, 1.807) is 6.20 Å². The van der Waals surface area contributed by atoms with Crippen LogP contribution in [0, 0.1) is 0 Å². The molecular formula is C20H30IN5. The number of nitrogens with two attached hydrogens (primary N) is 1. The SMILES string of the molecule is CCN(CC)Cc1ccc(CN=C(N)NCCc2ccccn2)cc1.I. The number of nitrogens with zero attached hydrogens (tertiary/aromatic N) is 3. The van der Waals surface area contributed by atoms with Crippen molar-refractivity contribution < 1.29 is 0 Å². The molecule has 0 saturated heterocycles. The zero-order valence-corrected chi connectivity index (χ0v) is 18.0. The van der Waals surface area contributed by atoms with Crippen LogP contribution < -0.4 is 11.1 Å². The molecule has 0 fully saturated rings. The van der Waals surface area contributed by atoms with Crippen molar-refractivity contribution in [3.63, 3.8) is 0 Å². The summed E-state index contributed by atoms with van der Waals surface area (Å²) in [7, 11) is 0.